The molecular weight excluding hydrogens is 252 g/mol. The third-order valence-electron chi connectivity index (χ3n) is 3.43. The molecule has 0 bridgehead atoms. The van der Waals surface area contributed by atoms with Crippen LogP contribution in [0.25, 0.3) is 0 Å². The van der Waals surface area contributed by atoms with Crippen molar-refractivity contribution in [2.45, 2.75) is 24.3 Å². The van der Waals surface area contributed by atoms with Crippen LogP contribution in [-0.2, 0) is 9.59 Å². The molecule has 1 unspecified atom stereocenters. The van der Waals surface area contributed by atoms with E-state index in [1.165, 1.54) is 29.5 Å². The lowest BCUT2D eigenvalue weighted by Crippen LogP contribution is -2.68. The van der Waals surface area contributed by atoms with Crippen molar-refractivity contribution in [2.75, 3.05) is 5.75 Å². The Morgan fingerprint density at radius 3 is 2.83 bits per heavy atom. The Morgan fingerprint density at radius 2 is 2.22 bits per heavy atom. The third kappa shape index (κ3) is 1.76. The molecule has 3 rings (SSSR count). The van der Waals surface area contributed by atoms with Gasteiger partial charge in [-0.3, -0.25) is 9.69 Å². The highest BCUT2D eigenvalue weighted by atomic mass is 32.2. The van der Waals surface area contributed by atoms with E-state index in [0.717, 1.165) is 5.57 Å². The molecule has 1 aliphatic carbocycles. The topological polar surface area (TPSA) is 83.6 Å². The molecule has 1 saturated carbocycles. The normalized spacial score (nSPS) is 31.6. The molecule has 2 fully saturated rings. The number of carbonyl (C=O) groups excluding carboxylic acids is 1. The van der Waals surface area contributed by atoms with Crippen LogP contribution in [0.4, 0.5) is 0 Å². The minimum Gasteiger partial charge on any atom is -0.477 e. The maximum absolute atomic E-state index is 11.7. The summed E-state index contributed by atoms with van der Waals surface area (Å²) in [6.45, 7) is 0. The summed E-state index contributed by atoms with van der Waals surface area (Å²) in [5, 5.41) is 9.07. The lowest BCUT2D eigenvalue weighted by molar-refractivity contribution is -0.147. The van der Waals surface area contributed by atoms with Crippen LogP contribution in [0.3, 0.4) is 0 Å². The van der Waals surface area contributed by atoms with E-state index < -0.39 is 12.0 Å². The first-order valence-electron chi connectivity index (χ1n) is 5.94. The fourth-order valence-corrected chi connectivity index (χ4v) is 3.47. The molecule has 0 aromatic heterocycles. The van der Waals surface area contributed by atoms with Crippen LogP contribution < -0.4 is 5.73 Å². The van der Waals surface area contributed by atoms with Gasteiger partial charge in [0, 0.05) is 5.75 Å². The Morgan fingerprint density at radius 1 is 1.50 bits per heavy atom. The van der Waals surface area contributed by atoms with Gasteiger partial charge in [0.05, 0.1) is 0 Å². The summed E-state index contributed by atoms with van der Waals surface area (Å²) in [6, 6.07) is -0.557. The van der Waals surface area contributed by atoms with Gasteiger partial charge in [-0.15, -0.1) is 11.8 Å². The van der Waals surface area contributed by atoms with Crippen molar-refractivity contribution >= 4 is 23.6 Å². The highest BCUT2D eigenvalue weighted by molar-refractivity contribution is 8.00. The molecule has 0 aromatic carbocycles. The van der Waals surface area contributed by atoms with Crippen molar-refractivity contribution < 1.29 is 14.7 Å². The second-order valence-corrected chi connectivity index (χ2v) is 5.92. The molecule has 2 heterocycles. The Hall–Kier alpha value is -1.27. The highest BCUT2D eigenvalue weighted by Gasteiger charge is 2.51. The molecule has 3 aliphatic rings. The van der Waals surface area contributed by atoms with Crippen LogP contribution in [0.1, 0.15) is 12.8 Å². The molecule has 1 amide bonds. The fourth-order valence-electron chi connectivity index (χ4n) is 2.21. The minimum absolute atomic E-state index is 0.113. The summed E-state index contributed by atoms with van der Waals surface area (Å²) in [6.07, 6.45) is 6.26. The number of amides is 1. The molecule has 2 aliphatic heterocycles. The van der Waals surface area contributed by atoms with Gasteiger partial charge in [-0.25, -0.2) is 4.79 Å². The van der Waals surface area contributed by atoms with Crippen molar-refractivity contribution in [3.05, 3.63) is 23.4 Å². The molecule has 0 radical (unpaired) electrons. The third-order valence-corrected chi connectivity index (χ3v) is 4.76. The van der Waals surface area contributed by atoms with E-state index >= 15 is 0 Å². The number of rotatable bonds is 3. The van der Waals surface area contributed by atoms with Gasteiger partial charge in [0.25, 0.3) is 0 Å². The van der Waals surface area contributed by atoms with Crippen LogP contribution >= 0.6 is 11.8 Å². The SMILES string of the molecule is NC1C(=O)N2C(C(=O)O)=C(/C=C\C3CC3)CS[C@@H]12. The van der Waals surface area contributed by atoms with E-state index in [1.807, 2.05) is 12.2 Å². The second kappa shape index (κ2) is 4.13. The molecule has 0 aromatic rings. The number of carbonyl (C=O) groups is 2. The first kappa shape index (κ1) is 11.8. The first-order chi connectivity index (χ1) is 8.59. The maximum atomic E-state index is 11.7. The summed E-state index contributed by atoms with van der Waals surface area (Å²) < 4.78 is 0. The number of carboxylic acid groups (broad SMARTS) is 1. The monoisotopic (exact) mass is 266 g/mol. The van der Waals surface area contributed by atoms with Crippen LogP contribution in [0, 0.1) is 5.92 Å². The van der Waals surface area contributed by atoms with Gasteiger partial charge in [-0.2, -0.15) is 0 Å². The number of aliphatic carboxylic acids is 1. The van der Waals surface area contributed by atoms with Gasteiger partial charge in [0.15, 0.2) is 0 Å². The van der Waals surface area contributed by atoms with Crippen molar-refractivity contribution in [1.29, 1.82) is 0 Å². The number of nitrogens with two attached hydrogens (primary N) is 1. The van der Waals surface area contributed by atoms with E-state index in [9.17, 15) is 14.7 Å². The maximum Gasteiger partial charge on any atom is 0.352 e. The summed E-state index contributed by atoms with van der Waals surface area (Å²) in [4.78, 5) is 24.3. The van der Waals surface area contributed by atoms with E-state index in [4.69, 9.17) is 5.73 Å². The molecule has 1 saturated heterocycles. The fraction of sp³-hybridized carbons (Fsp3) is 0.500. The minimum atomic E-state index is -1.05. The molecule has 0 spiro atoms. The Kier molecular flexibility index (Phi) is 2.71. The average molecular weight is 266 g/mol. The smallest absolute Gasteiger partial charge is 0.352 e. The standard InChI is InChI=1S/C12H14N2O3S/c13-8-10(15)14-9(12(16)17)7(5-18-11(8)14)4-3-6-1-2-6/h3-4,6,8,11H,1-2,5,13H2,(H,16,17)/b4-3-/t8?,11-/m0/s1. The van der Waals surface area contributed by atoms with Crippen LogP contribution in [0.2, 0.25) is 0 Å². The summed E-state index contributed by atoms with van der Waals surface area (Å²) in [5.74, 6) is -0.143. The molecule has 96 valence electrons. The van der Waals surface area contributed by atoms with Gasteiger partial charge in [0.1, 0.15) is 17.1 Å². The number of hydrogen-bond acceptors (Lipinski definition) is 4. The molecule has 2 atom stereocenters. The van der Waals surface area contributed by atoms with Crippen LogP contribution in [0.5, 0.6) is 0 Å². The number of nitrogens with zero attached hydrogens (tertiary/aromatic N) is 1. The predicted octanol–water partition coefficient (Wildman–Crippen LogP) is 0.534. The number of allylic oxidation sites excluding steroid dienone is 2. The van der Waals surface area contributed by atoms with Crippen molar-refractivity contribution in [3.8, 4) is 0 Å². The molecular formula is C12H14N2O3S. The molecule has 3 N–H and O–H groups in total. The van der Waals surface area contributed by atoms with Crippen LogP contribution in [0.15, 0.2) is 23.4 Å². The van der Waals surface area contributed by atoms with E-state index in [1.54, 1.807) is 0 Å². The molecule has 6 heteroatoms. The summed E-state index contributed by atoms with van der Waals surface area (Å²) >= 11 is 1.53. The predicted molar refractivity (Wildman–Crippen MR) is 67.6 cm³/mol. The molecule has 18 heavy (non-hydrogen) atoms. The van der Waals surface area contributed by atoms with Crippen molar-refractivity contribution in [1.82, 2.24) is 4.90 Å². The van der Waals surface area contributed by atoms with E-state index in [0.29, 0.717) is 11.7 Å². The number of fused-ring (bicyclic) bond motifs is 1. The number of hydrogen-bond donors (Lipinski definition) is 2. The van der Waals surface area contributed by atoms with Crippen LogP contribution in [-0.4, -0.2) is 39.1 Å². The van der Waals surface area contributed by atoms with Gasteiger partial charge >= 0.3 is 5.97 Å². The number of β-lactam (4-membered cyclic amide) rings is 1. The zero-order chi connectivity index (χ0) is 12.9. The van der Waals surface area contributed by atoms with Crippen molar-refractivity contribution in [3.63, 3.8) is 0 Å². The van der Waals surface area contributed by atoms with Gasteiger partial charge < -0.3 is 10.8 Å². The molecule has 5 nitrogen and oxygen atoms in total. The lowest BCUT2D eigenvalue weighted by Gasteiger charge is -2.47. The quantitative estimate of drug-likeness (QED) is 0.728. The zero-order valence-corrected chi connectivity index (χ0v) is 10.5. The Bertz CT molecular complexity index is 482. The first-order valence-corrected chi connectivity index (χ1v) is 6.99. The van der Waals surface area contributed by atoms with E-state index in [2.05, 4.69) is 0 Å². The average Bonchev–Trinajstić information content (AvgIpc) is 3.17. The largest absolute Gasteiger partial charge is 0.477 e. The summed E-state index contributed by atoms with van der Waals surface area (Å²) in [5.41, 5.74) is 6.50. The Labute approximate surface area is 109 Å². The number of carboxylic acids is 1. The van der Waals surface area contributed by atoms with Crippen molar-refractivity contribution in [2.24, 2.45) is 11.7 Å². The number of thioether (sulfide) groups is 1. The van der Waals surface area contributed by atoms with E-state index in [-0.39, 0.29) is 17.0 Å². The van der Waals surface area contributed by atoms with Gasteiger partial charge in [-0.05, 0) is 24.3 Å². The van der Waals surface area contributed by atoms with Gasteiger partial charge in [0.2, 0.25) is 5.91 Å². The second-order valence-electron chi connectivity index (χ2n) is 4.81. The highest BCUT2D eigenvalue weighted by Crippen LogP contribution is 2.40. The zero-order valence-electron chi connectivity index (χ0n) is 9.70. The van der Waals surface area contributed by atoms with Gasteiger partial charge in [-0.1, -0.05) is 12.2 Å². The summed E-state index contributed by atoms with van der Waals surface area (Å²) in [7, 11) is 0. The Balaban J connectivity index is 1.92. The lowest BCUT2D eigenvalue weighted by atomic mass is 10.0.